The van der Waals surface area contributed by atoms with Crippen molar-refractivity contribution in [3.05, 3.63) is 33.3 Å². The molecule has 1 fully saturated rings. The largest absolute Gasteiger partial charge is 0.364 e. The second-order valence-electron chi connectivity index (χ2n) is 4.76. The number of hydrogen-bond donors (Lipinski definition) is 0. The van der Waals surface area contributed by atoms with Crippen molar-refractivity contribution in [2.45, 2.75) is 19.8 Å². The van der Waals surface area contributed by atoms with E-state index in [1.165, 1.54) is 6.07 Å². The van der Waals surface area contributed by atoms with E-state index in [9.17, 15) is 14.9 Å². The normalized spacial score (nSPS) is 19.3. The standard InChI is InChI=1S/C13H15ClN2O3/c1-9(17)10-4-3-7-15(8-10)13-11(14)5-2-6-12(13)16(18)19/h2,5-6,10H,3-4,7-8H2,1H3. The van der Waals surface area contributed by atoms with Crippen molar-refractivity contribution in [3.8, 4) is 0 Å². The summed E-state index contributed by atoms with van der Waals surface area (Å²) in [6, 6.07) is 4.65. The van der Waals surface area contributed by atoms with Crippen molar-refractivity contribution in [2.75, 3.05) is 18.0 Å². The molecule has 1 atom stereocenters. The molecule has 19 heavy (non-hydrogen) atoms. The summed E-state index contributed by atoms with van der Waals surface area (Å²) in [7, 11) is 0. The van der Waals surface area contributed by atoms with Gasteiger partial charge in [-0.2, -0.15) is 0 Å². The molecule has 1 unspecified atom stereocenters. The first kappa shape index (κ1) is 13.8. The summed E-state index contributed by atoms with van der Waals surface area (Å²) >= 11 is 6.10. The van der Waals surface area contributed by atoms with Crippen LogP contribution in [0.25, 0.3) is 0 Å². The van der Waals surface area contributed by atoms with Crippen molar-refractivity contribution in [1.29, 1.82) is 0 Å². The molecule has 1 saturated heterocycles. The van der Waals surface area contributed by atoms with Crippen molar-refractivity contribution in [1.82, 2.24) is 0 Å². The molecule has 0 radical (unpaired) electrons. The van der Waals surface area contributed by atoms with Crippen LogP contribution in [-0.4, -0.2) is 23.8 Å². The number of benzene rings is 1. The first-order valence-electron chi connectivity index (χ1n) is 6.19. The van der Waals surface area contributed by atoms with Gasteiger partial charge in [-0.05, 0) is 25.8 Å². The molecule has 0 spiro atoms. The summed E-state index contributed by atoms with van der Waals surface area (Å²) in [6.45, 7) is 2.75. The molecule has 102 valence electrons. The molecule has 2 rings (SSSR count). The van der Waals surface area contributed by atoms with Gasteiger partial charge in [-0.3, -0.25) is 14.9 Å². The molecular formula is C13H15ClN2O3. The number of nitro benzene ring substituents is 1. The molecule has 0 N–H and O–H groups in total. The van der Waals surface area contributed by atoms with E-state index in [0.717, 1.165) is 12.8 Å². The van der Waals surface area contributed by atoms with Crippen LogP contribution >= 0.6 is 11.6 Å². The van der Waals surface area contributed by atoms with Gasteiger partial charge < -0.3 is 4.90 Å². The molecule has 5 nitrogen and oxygen atoms in total. The van der Waals surface area contributed by atoms with Gasteiger partial charge in [0.2, 0.25) is 0 Å². The summed E-state index contributed by atoms with van der Waals surface area (Å²) in [5.41, 5.74) is 0.428. The predicted octanol–water partition coefficient (Wildman–Crippen LogP) is 3.05. The zero-order valence-corrected chi connectivity index (χ0v) is 11.4. The molecular weight excluding hydrogens is 268 g/mol. The second kappa shape index (κ2) is 5.57. The van der Waals surface area contributed by atoms with Gasteiger partial charge in [0, 0.05) is 25.1 Å². The molecule has 1 heterocycles. The highest BCUT2D eigenvalue weighted by Gasteiger charge is 2.29. The second-order valence-corrected chi connectivity index (χ2v) is 5.17. The fraction of sp³-hybridized carbons (Fsp3) is 0.462. The molecule has 6 heteroatoms. The Labute approximate surface area is 116 Å². The first-order chi connectivity index (χ1) is 9.00. The number of para-hydroxylation sites is 1. The Balaban J connectivity index is 2.35. The summed E-state index contributed by atoms with van der Waals surface area (Å²) < 4.78 is 0. The van der Waals surface area contributed by atoms with Crippen molar-refractivity contribution in [3.63, 3.8) is 0 Å². The van der Waals surface area contributed by atoms with E-state index in [2.05, 4.69) is 0 Å². The summed E-state index contributed by atoms with van der Waals surface area (Å²) in [4.78, 5) is 24.0. The van der Waals surface area contributed by atoms with E-state index in [1.54, 1.807) is 19.1 Å². The smallest absolute Gasteiger partial charge is 0.294 e. The number of anilines is 1. The van der Waals surface area contributed by atoms with Crippen molar-refractivity contribution < 1.29 is 9.72 Å². The summed E-state index contributed by atoms with van der Waals surface area (Å²) in [5, 5.41) is 11.4. The highest BCUT2D eigenvalue weighted by molar-refractivity contribution is 6.33. The quantitative estimate of drug-likeness (QED) is 0.631. The van der Waals surface area contributed by atoms with Crippen molar-refractivity contribution in [2.24, 2.45) is 5.92 Å². The van der Waals surface area contributed by atoms with Crippen LogP contribution in [0.5, 0.6) is 0 Å². The topological polar surface area (TPSA) is 63.5 Å². The average molecular weight is 283 g/mol. The summed E-state index contributed by atoms with van der Waals surface area (Å²) in [5.74, 6) is 0.0593. The highest BCUT2D eigenvalue weighted by atomic mass is 35.5. The number of rotatable bonds is 3. The predicted molar refractivity (Wildman–Crippen MR) is 73.7 cm³/mol. The lowest BCUT2D eigenvalue weighted by atomic mass is 9.94. The maximum Gasteiger partial charge on any atom is 0.294 e. The first-order valence-corrected chi connectivity index (χ1v) is 6.57. The van der Waals surface area contributed by atoms with E-state index < -0.39 is 4.92 Å². The van der Waals surface area contributed by atoms with E-state index in [4.69, 9.17) is 11.6 Å². The Bertz CT molecular complexity index is 519. The number of nitrogens with zero attached hydrogens (tertiary/aromatic N) is 2. The number of halogens is 1. The minimum absolute atomic E-state index is 0.00305. The van der Waals surface area contributed by atoms with Gasteiger partial charge >= 0.3 is 0 Å². The third kappa shape index (κ3) is 2.87. The lowest BCUT2D eigenvalue weighted by molar-refractivity contribution is -0.384. The lowest BCUT2D eigenvalue weighted by Gasteiger charge is -2.33. The van der Waals surface area contributed by atoms with Crippen LogP contribution in [0.4, 0.5) is 11.4 Å². The van der Waals surface area contributed by atoms with Gasteiger partial charge in [0.05, 0.1) is 9.95 Å². The Morgan fingerprint density at radius 3 is 2.89 bits per heavy atom. The Hall–Kier alpha value is -1.62. The minimum atomic E-state index is -0.432. The third-order valence-electron chi connectivity index (χ3n) is 3.47. The van der Waals surface area contributed by atoms with E-state index >= 15 is 0 Å². The lowest BCUT2D eigenvalue weighted by Crippen LogP contribution is -2.38. The molecule has 1 aromatic carbocycles. The van der Waals surface area contributed by atoms with Gasteiger partial charge in [0.25, 0.3) is 5.69 Å². The van der Waals surface area contributed by atoms with Crippen molar-refractivity contribution >= 4 is 28.8 Å². The number of nitro groups is 1. The maximum absolute atomic E-state index is 11.5. The molecule has 1 aliphatic heterocycles. The van der Waals surface area contributed by atoms with E-state index in [-0.39, 0.29) is 17.4 Å². The third-order valence-corrected chi connectivity index (χ3v) is 3.78. The fourth-order valence-corrected chi connectivity index (χ4v) is 2.77. The fourth-order valence-electron chi connectivity index (χ4n) is 2.48. The Kier molecular flexibility index (Phi) is 4.04. The number of carbonyl (C=O) groups excluding carboxylic acids is 1. The minimum Gasteiger partial charge on any atom is -0.364 e. The molecule has 0 aliphatic carbocycles. The van der Waals surface area contributed by atoms with Crippen LogP contribution in [0, 0.1) is 16.0 Å². The average Bonchev–Trinajstić information content (AvgIpc) is 2.38. The molecule has 0 bridgehead atoms. The number of hydrogen-bond acceptors (Lipinski definition) is 4. The van der Waals surface area contributed by atoms with Crippen LogP contribution in [0.3, 0.4) is 0 Å². The Morgan fingerprint density at radius 2 is 2.26 bits per heavy atom. The van der Waals surface area contributed by atoms with Gasteiger partial charge in [0.15, 0.2) is 0 Å². The van der Waals surface area contributed by atoms with E-state index in [0.29, 0.717) is 23.8 Å². The van der Waals surface area contributed by atoms with Crippen LogP contribution in [-0.2, 0) is 4.79 Å². The molecule has 0 saturated carbocycles. The highest BCUT2D eigenvalue weighted by Crippen LogP contribution is 2.37. The summed E-state index contributed by atoms with van der Waals surface area (Å²) in [6.07, 6.45) is 1.68. The SMILES string of the molecule is CC(=O)C1CCCN(c2c(Cl)cccc2[N+](=O)[O-])C1. The zero-order valence-electron chi connectivity index (χ0n) is 10.6. The molecule has 0 aromatic heterocycles. The maximum atomic E-state index is 11.5. The molecule has 0 amide bonds. The molecule has 1 aliphatic rings. The zero-order chi connectivity index (χ0) is 14.0. The van der Waals surface area contributed by atoms with Gasteiger partial charge in [-0.1, -0.05) is 17.7 Å². The monoisotopic (exact) mass is 282 g/mol. The molecule has 1 aromatic rings. The Morgan fingerprint density at radius 1 is 1.53 bits per heavy atom. The van der Waals surface area contributed by atoms with Crippen LogP contribution in [0.15, 0.2) is 18.2 Å². The van der Waals surface area contributed by atoms with Gasteiger partial charge in [0.1, 0.15) is 11.5 Å². The van der Waals surface area contributed by atoms with Crippen LogP contribution in [0.1, 0.15) is 19.8 Å². The van der Waals surface area contributed by atoms with Gasteiger partial charge in [-0.15, -0.1) is 0 Å². The number of ketones is 1. The van der Waals surface area contributed by atoms with Gasteiger partial charge in [-0.25, -0.2) is 0 Å². The van der Waals surface area contributed by atoms with E-state index in [1.807, 2.05) is 4.90 Å². The number of piperidine rings is 1. The number of Topliss-reactive ketones (excluding diaryl/α,β-unsaturated/α-hetero) is 1. The number of carbonyl (C=O) groups is 1. The van der Waals surface area contributed by atoms with Crippen LogP contribution in [0.2, 0.25) is 5.02 Å². The van der Waals surface area contributed by atoms with Crippen LogP contribution < -0.4 is 4.90 Å².